The lowest BCUT2D eigenvalue weighted by Crippen LogP contribution is -2.11. The lowest BCUT2D eigenvalue weighted by Gasteiger charge is -2.03. The molecular weight excluding hydrogens is 253 g/mol. The zero-order valence-electron chi connectivity index (χ0n) is 9.84. The van der Waals surface area contributed by atoms with E-state index in [1.807, 2.05) is 6.92 Å². The van der Waals surface area contributed by atoms with Gasteiger partial charge in [0.1, 0.15) is 11.5 Å². The van der Waals surface area contributed by atoms with E-state index in [1.54, 1.807) is 16.8 Å². The van der Waals surface area contributed by atoms with E-state index in [9.17, 15) is 9.18 Å². The molecule has 0 aliphatic rings. The minimum atomic E-state index is -0.298. The van der Waals surface area contributed by atoms with E-state index in [0.717, 1.165) is 4.90 Å². The van der Waals surface area contributed by atoms with Gasteiger partial charge in [-0.1, -0.05) is 11.3 Å². The minimum Gasteiger partial charge on any atom is -0.291 e. The molecular formula is C12H12FN3OS. The van der Waals surface area contributed by atoms with Crippen LogP contribution in [0.4, 0.5) is 4.39 Å². The Morgan fingerprint density at radius 1 is 1.50 bits per heavy atom. The second kappa shape index (κ2) is 5.77. The van der Waals surface area contributed by atoms with Gasteiger partial charge in [-0.3, -0.25) is 4.79 Å². The highest BCUT2D eigenvalue weighted by Gasteiger charge is 2.12. The van der Waals surface area contributed by atoms with E-state index in [0.29, 0.717) is 12.2 Å². The Morgan fingerprint density at radius 2 is 2.33 bits per heavy atom. The lowest BCUT2D eigenvalue weighted by molar-refractivity contribution is 0.101. The Kier molecular flexibility index (Phi) is 4.09. The molecule has 2 aromatic rings. The predicted octanol–water partition coefficient (Wildman–Crippen LogP) is 2.41. The van der Waals surface area contributed by atoms with Gasteiger partial charge in [0.15, 0.2) is 5.78 Å². The molecule has 0 atom stereocenters. The summed E-state index contributed by atoms with van der Waals surface area (Å²) in [7, 11) is 0. The Labute approximate surface area is 108 Å². The summed E-state index contributed by atoms with van der Waals surface area (Å²) in [6.45, 7) is 2.50. The SMILES string of the molecule is CCn1nncc1C(=O)CSc1cccc(F)c1. The van der Waals surface area contributed by atoms with Gasteiger partial charge in [0, 0.05) is 11.4 Å². The third kappa shape index (κ3) is 2.95. The minimum absolute atomic E-state index is 0.0592. The van der Waals surface area contributed by atoms with Crippen molar-refractivity contribution in [3.8, 4) is 0 Å². The maximum Gasteiger partial charge on any atom is 0.192 e. The number of hydrogen-bond donors (Lipinski definition) is 0. The van der Waals surface area contributed by atoms with E-state index in [1.165, 1.54) is 30.1 Å². The monoisotopic (exact) mass is 265 g/mol. The third-order valence-electron chi connectivity index (χ3n) is 2.37. The second-order valence-electron chi connectivity index (χ2n) is 3.60. The second-order valence-corrected chi connectivity index (χ2v) is 4.65. The molecule has 0 aliphatic heterocycles. The normalized spacial score (nSPS) is 10.6. The fourth-order valence-corrected chi connectivity index (χ4v) is 2.30. The molecule has 0 radical (unpaired) electrons. The highest BCUT2D eigenvalue weighted by Crippen LogP contribution is 2.19. The zero-order chi connectivity index (χ0) is 13.0. The number of aryl methyl sites for hydroxylation is 1. The van der Waals surface area contributed by atoms with Gasteiger partial charge in [-0.05, 0) is 25.1 Å². The molecule has 0 fully saturated rings. The van der Waals surface area contributed by atoms with Crippen LogP contribution in [0.3, 0.4) is 0 Å². The number of nitrogens with zero attached hydrogens (tertiary/aromatic N) is 3. The average molecular weight is 265 g/mol. The molecule has 94 valence electrons. The van der Waals surface area contributed by atoms with Gasteiger partial charge >= 0.3 is 0 Å². The molecule has 0 aliphatic carbocycles. The summed E-state index contributed by atoms with van der Waals surface area (Å²) in [5.41, 5.74) is 0.487. The van der Waals surface area contributed by atoms with Crippen molar-refractivity contribution in [1.29, 1.82) is 0 Å². The highest BCUT2D eigenvalue weighted by atomic mass is 32.2. The van der Waals surface area contributed by atoms with Crippen molar-refractivity contribution in [2.24, 2.45) is 0 Å². The van der Waals surface area contributed by atoms with Crippen LogP contribution in [-0.2, 0) is 6.54 Å². The van der Waals surface area contributed by atoms with Crippen molar-refractivity contribution in [3.05, 3.63) is 42.0 Å². The topological polar surface area (TPSA) is 47.8 Å². The van der Waals surface area contributed by atoms with Crippen molar-refractivity contribution in [3.63, 3.8) is 0 Å². The number of thioether (sulfide) groups is 1. The van der Waals surface area contributed by atoms with Gasteiger partial charge < -0.3 is 0 Å². The smallest absolute Gasteiger partial charge is 0.192 e. The summed E-state index contributed by atoms with van der Waals surface area (Å²) in [5.74, 6) is -0.111. The van der Waals surface area contributed by atoms with Gasteiger partial charge in [0.05, 0.1) is 11.9 Å². The summed E-state index contributed by atoms with van der Waals surface area (Å²) in [5, 5.41) is 7.51. The number of carbonyl (C=O) groups is 1. The first kappa shape index (κ1) is 12.8. The molecule has 1 heterocycles. The molecule has 6 heteroatoms. The first-order chi connectivity index (χ1) is 8.70. The molecule has 0 spiro atoms. The molecule has 1 aromatic carbocycles. The fraction of sp³-hybridized carbons (Fsp3) is 0.250. The van der Waals surface area contributed by atoms with Gasteiger partial charge in [-0.25, -0.2) is 9.07 Å². The Hall–Kier alpha value is -1.69. The Balaban J connectivity index is 2.00. The van der Waals surface area contributed by atoms with E-state index >= 15 is 0 Å². The van der Waals surface area contributed by atoms with Crippen LogP contribution in [0, 0.1) is 5.82 Å². The molecule has 0 unspecified atom stereocenters. The molecule has 0 saturated carbocycles. The van der Waals surface area contributed by atoms with Crippen molar-refractivity contribution >= 4 is 17.5 Å². The van der Waals surface area contributed by atoms with Crippen molar-refractivity contribution in [1.82, 2.24) is 15.0 Å². The van der Waals surface area contributed by atoms with Crippen LogP contribution in [-0.4, -0.2) is 26.5 Å². The zero-order valence-corrected chi connectivity index (χ0v) is 10.7. The molecule has 4 nitrogen and oxygen atoms in total. The molecule has 18 heavy (non-hydrogen) atoms. The largest absolute Gasteiger partial charge is 0.291 e. The number of Topliss-reactive ketones (excluding diaryl/α,β-unsaturated/α-hetero) is 1. The summed E-state index contributed by atoms with van der Waals surface area (Å²) < 4.78 is 14.5. The maximum absolute atomic E-state index is 13.0. The average Bonchev–Trinajstić information content (AvgIpc) is 2.84. The molecule has 0 amide bonds. The van der Waals surface area contributed by atoms with Gasteiger partial charge in [-0.2, -0.15) is 0 Å². The number of rotatable bonds is 5. The van der Waals surface area contributed by atoms with Crippen LogP contribution in [0.2, 0.25) is 0 Å². The Morgan fingerprint density at radius 3 is 3.06 bits per heavy atom. The molecule has 2 rings (SSSR count). The summed E-state index contributed by atoms with van der Waals surface area (Å²) >= 11 is 1.30. The number of aromatic nitrogens is 3. The standard InChI is InChI=1S/C12H12FN3OS/c1-2-16-11(7-14-15-16)12(17)8-18-10-5-3-4-9(13)6-10/h3-7H,2,8H2,1H3. The van der Waals surface area contributed by atoms with Crippen molar-refractivity contribution in [2.75, 3.05) is 5.75 Å². The van der Waals surface area contributed by atoms with Crippen molar-refractivity contribution < 1.29 is 9.18 Å². The first-order valence-electron chi connectivity index (χ1n) is 5.50. The fourth-order valence-electron chi connectivity index (χ4n) is 1.49. The van der Waals surface area contributed by atoms with Crippen LogP contribution in [0.15, 0.2) is 35.4 Å². The summed E-state index contributed by atoms with van der Waals surface area (Å²) in [6.07, 6.45) is 1.46. The van der Waals surface area contributed by atoms with Crippen LogP contribution in [0.25, 0.3) is 0 Å². The molecule has 0 saturated heterocycles. The van der Waals surface area contributed by atoms with Crippen molar-refractivity contribution in [2.45, 2.75) is 18.4 Å². The molecule has 0 N–H and O–H groups in total. The lowest BCUT2D eigenvalue weighted by atomic mass is 10.3. The third-order valence-corrected chi connectivity index (χ3v) is 3.36. The number of ketones is 1. The van der Waals surface area contributed by atoms with E-state index < -0.39 is 0 Å². The Bertz CT molecular complexity index is 556. The van der Waals surface area contributed by atoms with E-state index in [4.69, 9.17) is 0 Å². The van der Waals surface area contributed by atoms with Crippen LogP contribution in [0.1, 0.15) is 17.4 Å². The number of hydrogen-bond acceptors (Lipinski definition) is 4. The van der Waals surface area contributed by atoms with Gasteiger partial charge in [0.2, 0.25) is 0 Å². The number of halogens is 1. The van der Waals surface area contributed by atoms with Gasteiger partial charge in [0.25, 0.3) is 0 Å². The summed E-state index contributed by atoms with van der Waals surface area (Å²) in [6, 6.07) is 6.19. The number of carbonyl (C=O) groups excluding carboxylic acids is 1. The summed E-state index contributed by atoms with van der Waals surface area (Å²) in [4.78, 5) is 12.7. The first-order valence-corrected chi connectivity index (χ1v) is 6.49. The van der Waals surface area contributed by atoms with Gasteiger partial charge in [-0.15, -0.1) is 16.9 Å². The van der Waals surface area contributed by atoms with E-state index in [2.05, 4.69) is 10.3 Å². The van der Waals surface area contributed by atoms with Crippen LogP contribution < -0.4 is 0 Å². The molecule has 1 aromatic heterocycles. The highest BCUT2D eigenvalue weighted by molar-refractivity contribution is 8.00. The maximum atomic E-state index is 13.0. The van der Waals surface area contributed by atoms with E-state index in [-0.39, 0.29) is 17.4 Å². The number of benzene rings is 1. The van der Waals surface area contributed by atoms with Crippen LogP contribution >= 0.6 is 11.8 Å². The predicted molar refractivity (Wildman–Crippen MR) is 67.2 cm³/mol. The van der Waals surface area contributed by atoms with Crippen LogP contribution in [0.5, 0.6) is 0 Å². The molecule has 0 bridgehead atoms. The quantitative estimate of drug-likeness (QED) is 0.615.